The molecule has 2 amide bonds. The SMILES string of the molecule is CCc1ccccc1N1C[C@@H](C(=O)Nc2nc3ccccc3s2)CC1=O. The first kappa shape index (κ1) is 16.7. The van der Waals surface area contributed by atoms with Gasteiger partial charge in [-0.1, -0.05) is 48.6 Å². The third-order valence-corrected chi connectivity index (χ3v) is 5.63. The van der Waals surface area contributed by atoms with Crippen molar-refractivity contribution in [2.75, 3.05) is 16.8 Å². The number of anilines is 2. The average Bonchev–Trinajstić information content (AvgIpc) is 3.24. The van der Waals surface area contributed by atoms with Gasteiger partial charge in [0.25, 0.3) is 0 Å². The number of aromatic nitrogens is 1. The second-order valence-corrected chi connectivity index (χ2v) is 7.39. The first-order chi connectivity index (χ1) is 12.7. The third-order valence-electron chi connectivity index (χ3n) is 4.68. The highest BCUT2D eigenvalue weighted by atomic mass is 32.1. The lowest BCUT2D eigenvalue weighted by atomic mass is 10.1. The van der Waals surface area contributed by atoms with Gasteiger partial charge >= 0.3 is 0 Å². The van der Waals surface area contributed by atoms with E-state index in [2.05, 4.69) is 17.2 Å². The molecule has 2 heterocycles. The predicted octanol–water partition coefficient (Wildman–Crippen LogP) is 3.85. The van der Waals surface area contributed by atoms with Crippen LogP contribution in [0.15, 0.2) is 48.5 Å². The minimum absolute atomic E-state index is 0.00431. The zero-order chi connectivity index (χ0) is 18.1. The van der Waals surface area contributed by atoms with Crippen molar-refractivity contribution in [3.05, 3.63) is 54.1 Å². The number of nitrogens with one attached hydrogen (secondary N) is 1. The molecule has 26 heavy (non-hydrogen) atoms. The summed E-state index contributed by atoms with van der Waals surface area (Å²) in [6.07, 6.45) is 1.08. The number of fused-ring (bicyclic) bond motifs is 1. The van der Waals surface area contributed by atoms with E-state index in [9.17, 15) is 9.59 Å². The van der Waals surface area contributed by atoms with Crippen molar-refractivity contribution in [3.63, 3.8) is 0 Å². The summed E-state index contributed by atoms with van der Waals surface area (Å²) in [5, 5.41) is 3.46. The molecule has 0 unspecified atom stereocenters. The summed E-state index contributed by atoms with van der Waals surface area (Å²) in [6, 6.07) is 15.6. The summed E-state index contributed by atoms with van der Waals surface area (Å²) in [7, 11) is 0. The third kappa shape index (κ3) is 3.08. The Hall–Kier alpha value is -2.73. The largest absolute Gasteiger partial charge is 0.311 e. The fourth-order valence-electron chi connectivity index (χ4n) is 3.32. The number of benzene rings is 2. The Morgan fingerprint density at radius 1 is 1.23 bits per heavy atom. The molecule has 3 aromatic rings. The first-order valence-electron chi connectivity index (χ1n) is 8.70. The van der Waals surface area contributed by atoms with Crippen LogP contribution in [0.25, 0.3) is 10.2 Å². The van der Waals surface area contributed by atoms with E-state index in [1.54, 1.807) is 4.90 Å². The van der Waals surface area contributed by atoms with Crippen LogP contribution in [0.3, 0.4) is 0 Å². The topological polar surface area (TPSA) is 62.3 Å². The van der Waals surface area contributed by atoms with Crippen LogP contribution in [0.1, 0.15) is 18.9 Å². The highest BCUT2D eigenvalue weighted by Gasteiger charge is 2.36. The van der Waals surface area contributed by atoms with E-state index in [0.29, 0.717) is 11.7 Å². The maximum absolute atomic E-state index is 12.6. The van der Waals surface area contributed by atoms with Gasteiger partial charge in [0, 0.05) is 18.7 Å². The van der Waals surface area contributed by atoms with Gasteiger partial charge in [0.2, 0.25) is 11.8 Å². The lowest BCUT2D eigenvalue weighted by Crippen LogP contribution is -2.28. The summed E-state index contributed by atoms with van der Waals surface area (Å²) in [5.74, 6) is -0.510. The fraction of sp³-hybridized carbons (Fsp3) is 0.250. The molecule has 0 radical (unpaired) electrons. The number of carbonyl (C=O) groups excluding carboxylic acids is 2. The van der Waals surface area contributed by atoms with Gasteiger partial charge in [0.15, 0.2) is 5.13 Å². The molecule has 0 bridgehead atoms. The van der Waals surface area contributed by atoms with Crippen LogP contribution < -0.4 is 10.2 Å². The van der Waals surface area contributed by atoms with E-state index in [-0.39, 0.29) is 24.2 Å². The van der Waals surface area contributed by atoms with Crippen LogP contribution in [-0.2, 0) is 16.0 Å². The summed E-state index contributed by atoms with van der Waals surface area (Å²) in [6.45, 7) is 2.48. The van der Waals surface area contributed by atoms with Crippen LogP contribution in [0, 0.1) is 5.92 Å². The van der Waals surface area contributed by atoms with Crippen molar-refractivity contribution < 1.29 is 9.59 Å². The summed E-state index contributed by atoms with van der Waals surface area (Å²) < 4.78 is 1.03. The summed E-state index contributed by atoms with van der Waals surface area (Å²) in [4.78, 5) is 31.3. The van der Waals surface area contributed by atoms with Crippen molar-refractivity contribution in [2.24, 2.45) is 5.92 Å². The number of hydrogen-bond acceptors (Lipinski definition) is 4. The van der Waals surface area contributed by atoms with Gasteiger partial charge in [-0.2, -0.15) is 0 Å². The predicted molar refractivity (Wildman–Crippen MR) is 105 cm³/mol. The molecule has 4 rings (SSSR count). The number of thiazole rings is 1. The maximum atomic E-state index is 12.6. The second-order valence-electron chi connectivity index (χ2n) is 6.36. The zero-order valence-corrected chi connectivity index (χ0v) is 15.3. The highest BCUT2D eigenvalue weighted by molar-refractivity contribution is 7.22. The highest BCUT2D eigenvalue weighted by Crippen LogP contribution is 2.30. The van der Waals surface area contributed by atoms with Crippen molar-refractivity contribution in [1.82, 2.24) is 4.98 Å². The van der Waals surface area contributed by atoms with Gasteiger partial charge in [-0.3, -0.25) is 9.59 Å². The molecule has 1 aromatic heterocycles. The summed E-state index contributed by atoms with van der Waals surface area (Å²) >= 11 is 1.45. The fourth-order valence-corrected chi connectivity index (χ4v) is 4.19. The normalized spacial score (nSPS) is 17.0. The Bertz CT molecular complexity index is 949. The summed E-state index contributed by atoms with van der Waals surface area (Å²) in [5.41, 5.74) is 2.90. The van der Waals surface area contributed by atoms with Crippen LogP contribution >= 0.6 is 11.3 Å². The molecule has 1 atom stereocenters. The molecule has 2 aromatic carbocycles. The van der Waals surface area contributed by atoms with Crippen LogP contribution in [0.5, 0.6) is 0 Å². The maximum Gasteiger partial charge on any atom is 0.231 e. The Morgan fingerprint density at radius 2 is 2.00 bits per heavy atom. The first-order valence-corrected chi connectivity index (χ1v) is 9.52. The molecule has 1 aliphatic heterocycles. The molecular weight excluding hydrogens is 346 g/mol. The van der Waals surface area contributed by atoms with E-state index in [0.717, 1.165) is 27.9 Å². The van der Waals surface area contributed by atoms with Crippen molar-refractivity contribution in [3.8, 4) is 0 Å². The van der Waals surface area contributed by atoms with Crippen molar-refractivity contribution in [2.45, 2.75) is 19.8 Å². The minimum atomic E-state index is -0.362. The van der Waals surface area contributed by atoms with E-state index in [1.807, 2.05) is 48.5 Å². The van der Waals surface area contributed by atoms with Gasteiger partial charge in [-0.25, -0.2) is 4.98 Å². The number of nitrogens with zero attached hydrogens (tertiary/aromatic N) is 2. The molecule has 0 saturated carbocycles. The van der Waals surface area contributed by atoms with Gasteiger partial charge < -0.3 is 10.2 Å². The second kappa shape index (κ2) is 6.88. The quantitative estimate of drug-likeness (QED) is 0.764. The van der Waals surface area contributed by atoms with E-state index >= 15 is 0 Å². The van der Waals surface area contributed by atoms with Gasteiger partial charge in [-0.15, -0.1) is 0 Å². The number of rotatable bonds is 4. The standard InChI is InChI=1S/C20H19N3O2S/c1-2-13-7-3-5-9-16(13)23-12-14(11-18(23)24)19(25)22-20-21-15-8-4-6-10-17(15)26-20/h3-10,14H,2,11-12H2,1H3,(H,21,22,25)/t14-/m0/s1. The number of para-hydroxylation sites is 2. The number of hydrogen-bond donors (Lipinski definition) is 1. The molecule has 0 aliphatic carbocycles. The molecule has 1 aliphatic rings. The molecule has 1 saturated heterocycles. The molecule has 1 N–H and O–H groups in total. The van der Waals surface area contributed by atoms with Gasteiger partial charge in [-0.05, 0) is 30.2 Å². The molecular formula is C20H19N3O2S. The Morgan fingerprint density at radius 3 is 2.81 bits per heavy atom. The Kier molecular flexibility index (Phi) is 4.42. The molecule has 6 heteroatoms. The average molecular weight is 365 g/mol. The van der Waals surface area contributed by atoms with Gasteiger partial charge in [0.1, 0.15) is 0 Å². The number of carbonyl (C=O) groups is 2. The molecule has 0 spiro atoms. The van der Waals surface area contributed by atoms with Crippen LogP contribution in [-0.4, -0.2) is 23.3 Å². The zero-order valence-electron chi connectivity index (χ0n) is 14.4. The van der Waals surface area contributed by atoms with E-state index in [4.69, 9.17) is 0 Å². The van der Waals surface area contributed by atoms with Crippen molar-refractivity contribution >= 4 is 44.2 Å². The minimum Gasteiger partial charge on any atom is -0.311 e. The van der Waals surface area contributed by atoms with Crippen LogP contribution in [0.4, 0.5) is 10.8 Å². The van der Waals surface area contributed by atoms with Crippen LogP contribution in [0.2, 0.25) is 0 Å². The van der Waals surface area contributed by atoms with Gasteiger partial charge in [0.05, 0.1) is 16.1 Å². The smallest absolute Gasteiger partial charge is 0.231 e. The molecule has 1 fully saturated rings. The molecule has 132 valence electrons. The number of aryl methyl sites for hydroxylation is 1. The van der Waals surface area contributed by atoms with Crippen molar-refractivity contribution in [1.29, 1.82) is 0 Å². The Balaban J connectivity index is 1.50. The molecule has 5 nitrogen and oxygen atoms in total. The van der Waals surface area contributed by atoms with E-state index < -0.39 is 0 Å². The van der Waals surface area contributed by atoms with E-state index in [1.165, 1.54) is 11.3 Å². The lowest BCUT2D eigenvalue weighted by molar-refractivity contribution is -0.122. The Labute approximate surface area is 155 Å². The monoisotopic (exact) mass is 365 g/mol. The number of amides is 2. The lowest BCUT2D eigenvalue weighted by Gasteiger charge is -2.19.